The van der Waals surface area contributed by atoms with Gasteiger partial charge in [-0.2, -0.15) is 0 Å². The van der Waals surface area contributed by atoms with Crippen molar-refractivity contribution in [3.8, 4) is 0 Å². The number of carboxylic acid groups (broad SMARTS) is 1. The van der Waals surface area contributed by atoms with E-state index in [-0.39, 0.29) is 0 Å². The van der Waals surface area contributed by atoms with Crippen molar-refractivity contribution in [3.05, 3.63) is 35.9 Å². The van der Waals surface area contributed by atoms with Crippen molar-refractivity contribution in [3.63, 3.8) is 0 Å². The Morgan fingerprint density at radius 3 is 2.96 bits per heavy atom. The van der Waals surface area contributed by atoms with Crippen LogP contribution < -0.4 is 10.2 Å². The van der Waals surface area contributed by atoms with Gasteiger partial charge in [-0.3, -0.25) is 0 Å². The van der Waals surface area contributed by atoms with Crippen molar-refractivity contribution in [1.82, 2.24) is 10.3 Å². The fraction of sp³-hybridized carbons (Fsp3) is 0.444. The highest BCUT2D eigenvalue weighted by Gasteiger charge is 2.34. The van der Waals surface area contributed by atoms with Gasteiger partial charge in [0.1, 0.15) is 5.82 Å². The zero-order valence-corrected chi connectivity index (χ0v) is 13.0. The molecule has 5 nitrogen and oxygen atoms in total. The first-order valence-corrected chi connectivity index (χ1v) is 8.34. The summed E-state index contributed by atoms with van der Waals surface area (Å²) in [6.07, 6.45) is 3.66. The van der Waals surface area contributed by atoms with Gasteiger partial charge in [0.25, 0.3) is 0 Å². The van der Waals surface area contributed by atoms with Gasteiger partial charge in [0.05, 0.1) is 11.1 Å². The molecule has 5 heteroatoms. The Balaban J connectivity index is 1.70. The van der Waals surface area contributed by atoms with E-state index in [1.54, 1.807) is 12.1 Å². The third kappa shape index (κ3) is 2.55. The summed E-state index contributed by atoms with van der Waals surface area (Å²) in [5.41, 5.74) is 1.08. The Hall–Kier alpha value is -2.14. The SMILES string of the molecule is O=C(O)c1cccc2nc(N3CCCC3C3CCNC3)ccc12. The molecule has 0 bridgehead atoms. The molecule has 2 atom stereocenters. The highest BCUT2D eigenvalue weighted by atomic mass is 16.4. The number of rotatable bonds is 3. The summed E-state index contributed by atoms with van der Waals surface area (Å²) in [6, 6.07) is 9.74. The van der Waals surface area contributed by atoms with Crippen LogP contribution in [0.2, 0.25) is 0 Å². The van der Waals surface area contributed by atoms with Crippen LogP contribution in [0.25, 0.3) is 10.9 Å². The van der Waals surface area contributed by atoms with E-state index >= 15 is 0 Å². The molecule has 0 spiro atoms. The van der Waals surface area contributed by atoms with E-state index in [0.717, 1.165) is 31.0 Å². The third-order valence-corrected chi connectivity index (χ3v) is 5.18. The molecule has 4 rings (SSSR count). The van der Waals surface area contributed by atoms with Crippen LogP contribution in [-0.2, 0) is 0 Å². The van der Waals surface area contributed by atoms with Crippen LogP contribution in [-0.4, -0.2) is 41.7 Å². The minimum Gasteiger partial charge on any atom is -0.478 e. The lowest BCUT2D eigenvalue weighted by Gasteiger charge is -2.30. The number of hydrogen-bond acceptors (Lipinski definition) is 4. The lowest BCUT2D eigenvalue weighted by molar-refractivity contribution is 0.0699. The quantitative estimate of drug-likeness (QED) is 0.912. The van der Waals surface area contributed by atoms with E-state index in [0.29, 0.717) is 22.9 Å². The number of fused-ring (bicyclic) bond motifs is 1. The molecule has 2 saturated heterocycles. The standard InChI is InChI=1S/C18H21N3O2/c22-18(23)14-3-1-4-15-13(14)6-7-17(20-15)21-10-2-5-16(21)12-8-9-19-11-12/h1,3-4,6-7,12,16,19H,2,5,8-11H2,(H,22,23). The fourth-order valence-corrected chi connectivity index (χ4v) is 4.06. The molecule has 1 aromatic carbocycles. The Bertz CT molecular complexity index is 740. The number of pyridine rings is 1. The van der Waals surface area contributed by atoms with Crippen LogP contribution in [0.5, 0.6) is 0 Å². The topological polar surface area (TPSA) is 65.5 Å². The molecule has 2 unspecified atom stereocenters. The maximum Gasteiger partial charge on any atom is 0.336 e. The summed E-state index contributed by atoms with van der Waals surface area (Å²) >= 11 is 0. The molecule has 2 aliphatic rings. The van der Waals surface area contributed by atoms with Gasteiger partial charge < -0.3 is 15.3 Å². The lowest BCUT2D eigenvalue weighted by Crippen LogP contribution is -2.37. The number of aromatic nitrogens is 1. The van der Waals surface area contributed by atoms with Crippen LogP contribution in [0, 0.1) is 5.92 Å². The van der Waals surface area contributed by atoms with E-state index in [4.69, 9.17) is 4.98 Å². The van der Waals surface area contributed by atoms with Crippen molar-refractivity contribution in [2.75, 3.05) is 24.5 Å². The Kier molecular flexibility index (Phi) is 3.65. The van der Waals surface area contributed by atoms with E-state index < -0.39 is 5.97 Å². The van der Waals surface area contributed by atoms with Gasteiger partial charge in [-0.25, -0.2) is 9.78 Å². The van der Waals surface area contributed by atoms with Crippen LogP contribution in [0.3, 0.4) is 0 Å². The summed E-state index contributed by atoms with van der Waals surface area (Å²) in [4.78, 5) is 18.5. The first-order chi connectivity index (χ1) is 11.2. The molecule has 0 saturated carbocycles. The number of anilines is 1. The van der Waals surface area contributed by atoms with E-state index in [1.165, 1.54) is 19.3 Å². The average molecular weight is 311 g/mol. The van der Waals surface area contributed by atoms with Crippen molar-refractivity contribution in [1.29, 1.82) is 0 Å². The predicted molar refractivity (Wildman–Crippen MR) is 90.0 cm³/mol. The molecule has 3 heterocycles. The molecule has 2 aromatic rings. The summed E-state index contributed by atoms with van der Waals surface area (Å²) in [5.74, 6) is 0.774. The van der Waals surface area contributed by atoms with E-state index in [1.807, 2.05) is 18.2 Å². The van der Waals surface area contributed by atoms with Gasteiger partial charge >= 0.3 is 5.97 Å². The molecular formula is C18H21N3O2. The van der Waals surface area contributed by atoms with Crippen LogP contribution in [0.15, 0.2) is 30.3 Å². The van der Waals surface area contributed by atoms with Crippen molar-refractivity contribution in [2.45, 2.75) is 25.3 Å². The second-order valence-corrected chi connectivity index (χ2v) is 6.50. The van der Waals surface area contributed by atoms with E-state index in [9.17, 15) is 9.90 Å². The number of benzene rings is 1. The molecule has 0 aliphatic carbocycles. The number of aromatic carboxylic acids is 1. The largest absolute Gasteiger partial charge is 0.478 e. The van der Waals surface area contributed by atoms with E-state index in [2.05, 4.69) is 10.2 Å². The molecule has 2 N–H and O–H groups in total. The van der Waals surface area contributed by atoms with Gasteiger partial charge in [0, 0.05) is 18.0 Å². The van der Waals surface area contributed by atoms with Crippen LogP contribution in [0.4, 0.5) is 5.82 Å². The van der Waals surface area contributed by atoms with Crippen molar-refractivity contribution in [2.24, 2.45) is 5.92 Å². The zero-order chi connectivity index (χ0) is 15.8. The average Bonchev–Trinajstić information content (AvgIpc) is 3.24. The maximum absolute atomic E-state index is 11.3. The number of carboxylic acids is 1. The Morgan fingerprint density at radius 2 is 2.17 bits per heavy atom. The Labute approximate surface area is 135 Å². The second-order valence-electron chi connectivity index (χ2n) is 6.50. The van der Waals surface area contributed by atoms with Gasteiger partial charge in [-0.1, -0.05) is 6.07 Å². The Morgan fingerprint density at radius 1 is 1.26 bits per heavy atom. The van der Waals surface area contributed by atoms with Gasteiger partial charge in [0.2, 0.25) is 0 Å². The minimum atomic E-state index is -0.902. The lowest BCUT2D eigenvalue weighted by atomic mass is 9.96. The van der Waals surface area contributed by atoms with Gasteiger partial charge in [0.15, 0.2) is 0 Å². The number of nitrogens with one attached hydrogen (secondary N) is 1. The third-order valence-electron chi connectivity index (χ3n) is 5.18. The monoisotopic (exact) mass is 311 g/mol. The molecule has 2 fully saturated rings. The number of hydrogen-bond donors (Lipinski definition) is 2. The summed E-state index contributed by atoms with van der Waals surface area (Å²) in [6.45, 7) is 3.25. The zero-order valence-electron chi connectivity index (χ0n) is 13.0. The highest BCUT2D eigenvalue weighted by molar-refractivity contribution is 6.02. The first kappa shape index (κ1) is 14.5. The normalized spacial score (nSPS) is 24.4. The summed E-state index contributed by atoms with van der Waals surface area (Å²) in [5, 5.41) is 13.5. The first-order valence-electron chi connectivity index (χ1n) is 8.34. The molecule has 0 amide bonds. The summed E-state index contributed by atoms with van der Waals surface area (Å²) < 4.78 is 0. The minimum absolute atomic E-state index is 0.319. The molecular weight excluding hydrogens is 290 g/mol. The van der Waals surface area contributed by atoms with Crippen molar-refractivity contribution >= 4 is 22.7 Å². The molecule has 23 heavy (non-hydrogen) atoms. The number of carbonyl (C=O) groups is 1. The van der Waals surface area contributed by atoms with Gasteiger partial charge in [-0.05, 0) is 62.5 Å². The smallest absolute Gasteiger partial charge is 0.336 e. The van der Waals surface area contributed by atoms with Gasteiger partial charge in [-0.15, -0.1) is 0 Å². The molecule has 2 aliphatic heterocycles. The van der Waals surface area contributed by atoms with Crippen LogP contribution in [0.1, 0.15) is 29.6 Å². The highest BCUT2D eigenvalue weighted by Crippen LogP contribution is 2.32. The van der Waals surface area contributed by atoms with Crippen molar-refractivity contribution < 1.29 is 9.90 Å². The molecule has 1 aromatic heterocycles. The fourth-order valence-electron chi connectivity index (χ4n) is 4.06. The molecule has 120 valence electrons. The van der Waals surface area contributed by atoms with Crippen LogP contribution >= 0.6 is 0 Å². The summed E-state index contributed by atoms with van der Waals surface area (Å²) in [7, 11) is 0. The molecule has 0 radical (unpaired) electrons. The predicted octanol–water partition coefficient (Wildman–Crippen LogP) is 2.51. The maximum atomic E-state index is 11.3. The second kappa shape index (κ2) is 5.81. The number of nitrogens with zero attached hydrogens (tertiary/aromatic N) is 2.